The molecule has 0 aliphatic carbocycles. The molecule has 19 heavy (non-hydrogen) atoms. The van der Waals surface area contributed by atoms with Crippen molar-refractivity contribution in [1.82, 2.24) is 10.2 Å². The number of hydrogen-bond donors (Lipinski definition) is 1. The van der Waals surface area contributed by atoms with E-state index in [1.54, 1.807) is 35.4 Å². The van der Waals surface area contributed by atoms with E-state index in [2.05, 4.69) is 5.32 Å². The molecule has 0 saturated carbocycles. The second kappa shape index (κ2) is 5.75. The summed E-state index contributed by atoms with van der Waals surface area (Å²) in [6.07, 6.45) is 1.54. The summed E-state index contributed by atoms with van der Waals surface area (Å²) < 4.78 is 0. The van der Waals surface area contributed by atoms with Gasteiger partial charge in [-0.2, -0.15) is 0 Å². The van der Waals surface area contributed by atoms with Crippen molar-refractivity contribution in [3.8, 4) is 0 Å². The molecule has 1 fully saturated rings. The highest BCUT2D eigenvalue weighted by Gasteiger charge is 2.21. The Hall–Kier alpha value is -2.01. The highest BCUT2D eigenvalue weighted by atomic mass is 32.1. The first-order chi connectivity index (χ1) is 9.09. The Labute approximate surface area is 117 Å². The zero-order valence-electron chi connectivity index (χ0n) is 10.6. The summed E-state index contributed by atoms with van der Waals surface area (Å²) in [7, 11) is 0. The molecule has 0 unspecified atom stereocenters. The number of carbonyl (C=O) groups is 2. The van der Waals surface area contributed by atoms with E-state index in [9.17, 15) is 9.59 Å². The molecular formula is C14H14N2O2S. The van der Waals surface area contributed by atoms with E-state index in [0.717, 1.165) is 6.54 Å². The highest BCUT2D eigenvalue weighted by Crippen LogP contribution is 2.12. The van der Waals surface area contributed by atoms with Crippen molar-refractivity contribution in [1.29, 1.82) is 0 Å². The zero-order chi connectivity index (χ0) is 13.8. The van der Waals surface area contributed by atoms with Crippen LogP contribution in [0.25, 0.3) is 0 Å². The van der Waals surface area contributed by atoms with Crippen LogP contribution in [-0.4, -0.2) is 34.7 Å². The summed E-state index contributed by atoms with van der Waals surface area (Å²) in [6, 6.07) is 8.76. The summed E-state index contributed by atoms with van der Waals surface area (Å²) in [5.41, 5.74) is 0.652. The first-order valence-electron chi connectivity index (χ1n) is 5.96. The lowest BCUT2D eigenvalue weighted by Crippen LogP contribution is -2.25. The fraction of sp³-hybridized carbons (Fsp3) is 0.214. The Morgan fingerprint density at radius 1 is 1.32 bits per heavy atom. The lowest BCUT2D eigenvalue weighted by molar-refractivity contribution is -0.113. The molecule has 0 bridgehead atoms. The molecule has 0 atom stereocenters. The van der Waals surface area contributed by atoms with Crippen LogP contribution < -0.4 is 5.32 Å². The first kappa shape index (κ1) is 13.4. The van der Waals surface area contributed by atoms with E-state index < -0.39 is 0 Å². The van der Waals surface area contributed by atoms with Crippen molar-refractivity contribution in [2.75, 3.05) is 13.1 Å². The van der Waals surface area contributed by atoms with Gasteiger partial charge in [-0.25, -0.2) is 0 Å². The molecule has 0 aromatic heterocycles. The van der Waals surface area contributed by atoms with E-state index in [-0.39, 0.29) is 17.1 Å². The lowest BCUT2D eigenvalue weighted by Gasteiger charge is -2.12. The molecule has 0 amide bonds. The SMILES string of the molecule is CC(=O)/C(=C/N1CCNC1=S)C(=O)c1ccccc1. The van der Waals surface area contributed by atoms with Crippen molar-refractivity contribution in [2.24, 2.45) is 0 Å². The maximum Gasteiger partial charge on any atom is 0.198 e. The smallest absolute Gasteiger partial charge is 0.198 e. The van der Waals surface area contributed by atoms with Crippen LogP contribution >= 0.6 is 12.2 Å². The second-order valence-electron chi connectivity index (χ2n) is 4.22. The van der Waals surface area contributed by atoms with Crippen molar-refractivity contribution in [3.05, 3.63) is 47.7 Å². The molecule has 1 heterocycles. The number of nitrogens with zero attached hydrogens (tertiary/aromatic N) is 1. The summed E-state index contributed by atoms with van der Waals surface area (Å²) in [6.45, 7) is 2.77. The summed E-state index contributed by atoms with van der Waals surface area (Å²) in [5.74, 6) is -0.536. The number of carbonyl (C=O) groups excluding carboxylic acids is 2. The van der Waals surface area contributed by atoms with E-state index in [0.29, 0.717) is 17.2 Å². The molecule has 4 nitrogen and oxygen atoms in total. The number of nitrogens with one attached hydrogen (secondary N) is 1. The summed E-state index contributed by atoms with van der Waals surface area (Å²) >= 11 is 5.10. The Kier molecular flexibility index (Phi) is 4.06. The predicted octanol–water partition coefficient (Wildman–Crippen LogP) is 1.53. The third-order valence-corrected chi connectivity index (χ3v) is 3.21. The molecular weight excluding hydrogens is 260 g/mol. The fourth-order valence-corrected chi connectivity index (χ4v) is 2.07. The number of Topliss-reactive ketones (excluding diaryl/α,β-unsaturated/α-hetero) is 2. The van der Waals surface area contributed by atoms with E-state index >= 15 is 0 Å². The summed E-state index contributed by atoms with van der Waals surface area (Å²) in [5, 5.41) is 3.52. The molecule has 1 N–H and O–H groups in total. The normalized spacial score (nSPS) is 15.3. The van der Waals surface area contributed by atoms with Gasteiger partial charge < -0.3 is 10.2 Å². The van der Waals surface area contributed by atoms with Gasteiger partial charge in [0.25, 0.3) is 0 Å². The van der Waals surface area contributed by atoms with Gasteiger partial charge in [0.2, 0.25) is 0 Å². The van der Waals surface area contributed by atoms with Gasteiger partial charge in [0.05, 0.1) is 5.57 Å². The fourth-order valence-electron chi connectivity index (χ4n) is 1.82. The Bertz CT molecular complexity index is 552. The van der Waals surface area contributed by atoms with E-state index in [1.807, 2.05) is 6.07 Å². The van der Waals surface area contributed by atoms with Crippen LogP contribution in [0.15, 0.2) is 42.1 Å². The monoisotopic (exact) mass is 274 g/mol. The number of allylic oxidation sites excluding steroid dienone is 1. The van der Waals surface area contributed by atoms with Gasteiger partial charge in [0.1, 0.15) is 0 Å². The first-order valence-corrected chi connectivity index (χ1v) is 6.37. The highest BCUT2D eigenvalue weighted by molar-refractivity contribution is 7.80. The molecule has 5 heteroatoms. The minimum absolute atomic E-state index is 0.150. The second-order valence-corrected chi connectivity index (χ2v) is 4.61. The largest absolute Gasteiger partial charge is 0.360 e. The van der Waals surface area contributed by atoms with Crippen LogP contribution in [0.1, 0.15) is 17.3 Å². The maximum atomic E-state index is 12.3. The van der Waals surface area contributed by atoms with Crippen LogP contribution in [0.5, 0.6) is 0 Å². The molecule has 0 spiro atoms. The lowest BCUT2D eigenvalue weighted by atomic mass is 10.0. The van der Waals surface area contributed by atoms with Gasteiger partial charge in [-0.3, -0.25) is 9.59 Å². The molecule has 2 rings (SSSR count). The molecule has 1 aliphatic heterocycles. The third-order valence-electron chi connectivity index (χ3n) is 2.83. The average Bonchev–Trinajstić information content (AvgIpc) is 2.81. The third kappa shape index (κ3) is 3.06. The van der Waals surface area contributed by atoms with Crippen LogP contribution in [0.4, 0.5) is 0 Å². The Morgan fingerprint density at radius 2 is 2.00 bits per heavy atom. The Morgan fingerprint density at radius 3 is 2.53 bits per heavy atom. The molecule has 0 radical (unpaired) electrons. The minimum atomic E-state index is -0.275. The topological polar surface area (TPSA) is 49.4 Å². The number of hydrogen-bond acceptors (Lipinski definition) is 3. The maximum absolute atomic E-state index is 12.3. The van der Waals surface area contributed by atoms with Crippen molar-refractivity contribution >= 4 is 28.9 Å². The standard InChI is InChI=1S/C14H14N2O2S/c1-10(17)12(9-16-8-7-15-14(16)19)13(18)11-5-3-2-4-6-11/h2-6,9H,7-8H2,1H3,(H,15,19)/b12-9-. The van der Waals surface area contributed by atoms with Crippen LogP contribution in [0.2, 0.25) is 0 Å². The quantitative estimate of drug-likeness (QED) is 0.297. The van der Waals surface area contributed by atoms with Crippen molar-refractivity contribution < 1.29 is 9.59 Å². The van der Waals surface area contributed by atoms with Gasteiger partial charge in [0, 0.05) is 24.9 Å². The van der Waals surface area contributed by atoms with Crippen LogP contribution in [-0.2, 0) is 4.79 Å². The molecule has 1 aromatic carbocycles. The minimum Gasteiger partial charge on any atom is -0.360 e. The number of ketones is 2. The van der Waals surface area contributed by atoms with Crippen molar-refractivity contribution in [2.45, 2.75) is 6.92 Å². The number of benzene rings is 1. The predicted molar refractivity (Wildman–Crippen MR) is 76.8 cm³/mol. The average molecular weight is 274 g/mol. The van der Waals surface area contributed by atoms with Crippen LogP contribution in [0, 0.1) is 0 Å². The van der Waals surface area contributed by atoms with Gasteiger partial charge in [-0.1, -0.05) is 30.3 Å². The number of thiocarbonyl (C=S) groups is 1. The van der Waals surface area contributed by atoms with Gasteiger partial charge in [0.15, 0.2) is 16.7 Å². The van der Waals surface area contributed by atoms with E-state index in [1.165, 1.54) is 6.92 Å². The zero-order valence-corrected chi connectivity index (χ0v) is 11.4. The van der Waals surface area contributed by atoms with Crippen LogP contribution in [0.3, 0.4) is 0 Å². The molecule has 1 aliphatic rings. The van der Waals surface area contributed by atoms with Gasteiger partial charge in [-0.15, -0.1) is 0 Å². The van der Waals surface area contributed by atoms with Crippen molar-refractivity contribution in [3.63, 3.8) is 0 Å². The Balaban J connectivity index is 2.31. The number of rotatable bonds is 4. The van der Waals surface area contributed by atoms with E-state index in [4.69, 9.17) is 12.2 Å². The molecule has 1 saturated heterocycles. The molecule has 98 valence electrons. The summed E-state index contributed by atoms with van der Waals surface area (Å²) in [4.78, 5) is 25.7. The van der Waals surface area contributed by atoms with Gasteiger partial charge in [-0.05, 0) is 19.1 Å². The molecule has 1 aromatic rings. The van der Waals surface area contributed by atoms with Gasteiger partial charge >= 0.3 is 0 Å².